The lowest BCUT2D eigenvalue weighted by atomic mass is 9.88. The third-order valence-corrected chi connectivity index (χ3v) is 6.18. The van der Waals surface area contributed by atoms with Crippen LogP contribution in [0.1, 0.15) is 44.9 Å². The molecule has 0 bridgehead atoms. The highest BCUT2D eigenvalue weighted by atomic mass is 16.4. The van der Waals surface area contributed by atoms with Gasteiger partial charge in [0, 0.05) is 23.3 Å². The Hall–Kier alpha value is -5.45. The number of carboxylic acids is 1. The van der Waals surface area contributed by atoms with Gasteiger partial charge in [-0.2, -0.15) is 0 Å². The summed E-state index contributed by atoms with van der Waals surface area (Å²) < 4.78 is 11.2. The summed E-state index contributed by atoms with van der Waals surface area (Å²) in [6, 6.07) is 5.76. The maximum atomic E-state index is 13.7. The summed E-state index contributed by atoms with van der Waals surface area (Å²) in [5.41, 5.74) is -4.56. The van der Waals surface area contributed by atoms with Crippen molar-refractivity contribution >= 4 is 50.4 Å². The van der Waals surface area contributed by atoms with E-state index in [9.17, 15) is 44.4 Å². The minimum atomic E-state index is -1.75. The third-order valence-electron chi connectivity index (χ3n) is 6.18. The number of rotatable bonds is 4. The van der Waals surface area contributed by atoms with Crippen LogP contribution in [0.15, 0.2) is 55.0 Å². The van der Waals surface area contributed by atoms with Crippen molar-refractivity contribution in [1.82, 2.24) is 0 Å². The molecule has 0 spiro atoms. The molecule has 38 heavy (non-hydrogen) atoms. The molecule has 11 nitrogen and oxygen atoms in total. The Balaban J connectivity index is 2.04. The highest BCUT2D eigenvalue weighted by Gasteiger charge is 2.29. The van der Waals surface area contributed by atoms with Crippen LogP contribution in [-0.4, -0.2) is 38.0 Å². The van der Waals surface area contributed by atoms with Crippen LogP contribution >= 0.6 is 0 Å². The fourth-order valence-electron chi connectivity index (χ4n) is 4.52. The van der Waals surface area contributed by atoms with Gasteiger partial charge in [0.2, 0.25) is 10.9 Å². The van der Waals surface area contributed by atoms with E-state index in [1.807, 2.05) is 0 Å². The molecule has 0 saturated carbocycles. The van der Waals surface area contributed by atoms with Crippen LogP contribution in [-0.2, 0) is 0 Å². The number of phenolic OH excluding ortho intramolecular Hbond substituents is 2. The third kappa shape index (κ3) is 3.40. The van der Waals surface area contributed by atoms with Gasteiger partial charge in [-0.05, 0) is 32.0 Å². The van der Waals surface area contributed by atoms with Gasteiger partial charge in [-0.1, -0.05) is 0 Å². The van der Waals surface area contributed by atoms with E-state index < -0.39 is 56.4 Å². The maximum Gasteiger partial charge on any atom is 0.340 e. The molecule has 0 atom stereocenters. The first-order chi connectivity index (χ1) is 17.9. The summed E-state index contributed by atoms with van der Waals surface area (Å²) in [6.07, 6.45) is 0.873. The molecule has 11 heteroatoms. The number of carboxylic acid groups (broad SMARTS) is 1. The van der Waals surface area contributed by atoms with Crippen molar-refractivity contribution in [2.45, 2.75) is 13.8 Å². The molecule has 0 aliphatic heterocycles. The molecule has 0 aliphatic rings. The number of hydrogen-bond donors (Lipinski definition) is 4. The number of Topliss-reactive ketones (excluding diaryl/α,β-unsaturated/α-hetero) is 2. The average molecular weight is 516 g/mol. The molecule has 2 heterocycles. The van der Waals surface area contributed by atoms with Gasteiger partial charge in [-0.25, -0.2) is 4.79 Å². The number of phenols is 3. The van der Waals surface area contributed by atoms with Crippen molar-refractivity contribution in [1.29, 1.82) is 0 Å². The fraction of sp³-hybridized carbons (Fsp3) is 0.0741. The number of benzene rings is 3. The van der Waals surface area contributed by atoms with Crippen LogP contribution in [0.25, 0.3) is 44.0 Å². The van der Waals surface area contributed by atoms with Gasteiger partial charge in [-0.3, -0.25) is 19.2 Å². The standard InChI is InChI=1S/C27H16O11/c1-9(28)13-6-14-23(32)12-4-3-11(30)5-17(12)38-26(14)19(10(2)29)20(13)15-8-37-18-7-16(31)25(34)22(27(35)36)21(18)24(15)33/h3-8,30-31,34H,1-2H3,(H,35,36). The summed E-state index contributed by atoms with van der Waals surface area (Å²) in [5.74, 6) is -5.24. The predicted octanol–water partition coefficient (Wildman–Crippen LogP) is 3.94. The molecule has 0 amide bonds. The molecule has 0 saturated heterocycles. The largest absolute Gasteiger partial charge is 0.508 e. The van der Waals surface area contributed by atoms with E-state index in [1.54, 1.807) is 0 Å². The van der Waals surface area contributed by atoms with Crippen LogP contribution in [0.3, 0.4) is 0 Å². The minimum Gasteiger partial charge on any atom is -0.508 e. The summed E-state index contributed by atoms with van der Waals surface area (Å²) >= 11 is 0. The molecule has 2 aromatic heterocycles. The lowest BCUT2D eigenvalue weighted by Gasteiger charge is -2.15. The van der Waals surface area contributed by atoms with Gasteiger partial charge in [0.1, 0.15) is 34.3 Å². The second-order valence-electron chi connectivity index (χ2n) is 8.55. The van der Waals surface area contributed by atoms with Gasteiger partial charge < -0.3 is 29.3 Å². The van der Waals surface area contributed by atoms with Crippen LogP contribution in [0.2, 0.25) is 0 Å². The Labute approximate surface area is 210 Å². The van der Waals surface area contributed by atoms with Crippen molar-refractivity contribution in [3.8, 4) is 28.4 Å². The van der Waals surface area contributed by atoms with E-state index in [4.69, 9.17) is 8.83 Å². The van der Waals surface area contributed by atoms with Crippen molar-refractivity contribution in [3.05, 3.63) is 73.7 Å². The van der Waals surface area contributed by atoms with Crippen LogP contribution in [0, 0.1) is 0 Å². The van der Waals surface area contributed by atoms with Crippen molar-refractivity contribution in [2.75, 3.05) is 0 Å². The number of carbonyl (C=O) groups excluding carboxylic acids is 2. The van der Waals surface area contributed by atoms with Crippen LogP contribution < -0.4 is 10.9 Å². The maximum absolute atomic E-state index is 13.7. The monoisotopic (exact) mass is 516 g/mol. The van der Waals surface area contributed by atoms with E-state index in [-0.39, 0.29) is 50.0 Å². The number of aromatic hydroxyl groups is 3. The van der Waals surface area contributed by atoms with Crippen LogP contribution in [0.4, 0.5) is 0 Å². The summed E-state index contributed by atoms with van der Waals surface area (Å²) in [5, 5.41) is 38.8. The number of aromatic carboxylic acids is 1. The zero-order valence-corrected chi connectivity index (χ0v) is 19.6. The first-order valence-electron chi connectivity index (χ1n) is 10.9. The molecule has 0 fully saturated rings. The summed E-state index contributed by atoms with van der Waals surface area (Å²) in [4.78, 5) is 64.5. The lowest BCUT2D eigenvalue weighted by Crippen LogP contribution is -2.16. The first-order valence-corrected chi connectivity index (χ1v) is 10.9. The molecule has 0 radical (unpaired) electrons. The second kappa shape index (κ2) is 8.30. The molecule has 3 aromatic carbocycles. The summed E-state index contributed by atoms with van der Waals surface area (Å²) in [7, 11) is 0. The molecule has 5 aromatic rings. The van der Waals surface area contributed by atoms with E-state index in [2.05, 4.69) is 0 Å². The van der Waals surface area contributed by atoms with Gasteiger partial charge in [0.25, 0.3) is 0 Å². The highest BCUT2D eigenvalue weighted by molar-refractivity contribution is 6.18. The molecular formula is C27H16O11. The van der Waals surface area contributed by atoms with Gasteiger partial charge in [0.05, 0.1) is 27.3 Å². The van der Waals surface area contributed by atoms with Crippen LogP contribution in [0.5, 0.6) is 17.2 Å². The van der Waals surface area contributed by atoms with E-state index in [1.165, 1.54) is 12.1 Å². The summed E-state index contributed by atoms with van der Waals surface area (Å²) in [6.45, 7) is 2.26. The molecule has 0 unspecified atom stereocenters. The number of fused-ring (bicyclic) bond motifs is 3. The van der Waals surface area contributed by atoms with Gasteiger partial charge >= 0.3 is 5.97 Å². The SMILES string of the molecule is CC(=O)c1cc2c(=O)c3ccc(O)cc3oc2c(C(C)=O)c1-c1coc2cc(O)c(O)c(C(=O)O)c2c1=O. The van der Waals surface area contributed by atoms with Crippen molar-refractivity contribution in [2.24, 2.45) is 0 Å². The minimum absolute atomic E-state index is 0.0642. The highest BCUT2D eigenvalue weighted by Crippen LogP contribution is 2.38. The molecule has 0 aliphatic carbocycles. The fourth-order valence-corrected chi connectivity index (χ4v) is 4.52. The molecule has 190 valence electrons. The first kappa shape index (κ1) is 24.3. The normalized spacial score (nSPS) is 11.3. The Morgan fingerprint density at radius 1 is 0.816 bits per heavy atom. The van der Waals surface area contributed by atoms with E-state index in [0.29, 0.717) is 0 Å². The smallest absolute Gasteiger partial charge is 0.340 e. The Morgan fingerprint density at radius 2 is 1.53 bits per heavy atom. The average Bonchev–Trinajstić information content (AvgIpc) is 2.84. The molecule has 5 rings (SSSR count). The predicted molar refractivity (Wildman–Crippen MR) is 133 cm³/mol. The Morgan fingerprint density at radius 3 is 2.16 bits per heavy atom. The van der Waals surface area contributed by atoms with Crippen molar-refractivity contribution in [3.63, 3.8) is 0 Å². The molecule has 4 N–H and O–H groups in total. The lowest BCUT2D eigenvalue weighted by molar-refractivity contribution is 0.0694. The van der Waals surface area contributed by atoms with E-state index in [0.717, 1.165) is 38.3 Å². The Bertz CT molecular complexity index is 2030. The van der Waals surface area contributed by atoms with E-state index >= 15 is 0 Å². The zero-order chi connectivity index (χ0) is 27.6. The second-order valence-corrected chi connectivity index (χ2v) is 8.55. The zero-order valence-electron chi connectivity index (χ0n) is 19.6. The van der Waals surface area contributed by atoms with Gasteiger partial charge in [0.15, 0.2) is 23.1 Å². The number of carbonyl (C=O) groups is 3. The van der Waals surface area contributed by atoms with Gasteiger partial charge in [-0.15, -0.1) is 0 Å². The number of ketones is 2. The van der Waals surface area contributed by atoms with Crippen molar-refractivity contribution < 1.29 is 43.6 Å². The topological polar surface area (TPSA) is 193 Å². The molecular weight excluding hydrogens is 500 g/mol. The quantitative estimate of drug-likeness (QED) is 0.154. The Kier molecular flexibility index (Phi) is 5.30. The number of hydrogen-bond acceptors (Lipinski definition) is 10.